The van der Waals surface area contributed by atoms with Gasteiger partial charge in [-0.25, -0.2) is 0 Å². The highest BCUT2D eigenvalue weighted by Crippen LogP contribution is 2.36. The first kappa shape index (κ1) is 18.7. The molecule has 1 fully saturated rings. The molecule has 3 nitrogen and oxygen atoms in total. The number of allylic oxidation sites excluding steroid dienone is 1. The Kier molecular flexibility index (Phi) is 6.15. The Morgan fingerprint density at radius 1 is 1.09 bits per heavy atom. The molecule has 1 saturated heterocycles. The molecule has 1 aromatic rings. The Morgan fingerprint density at radius 3 is 1.86 bits per heavy atom. The van der Waals surface area contributed by atoms with E-state index in [0.29, 0.717) is 5.57 Å². The van der Waals surface area contributed by atoms with Crippen molar-refractivity contribution in [2.75, 3.05) is 0 Å². The topological polar surface area (TPSA) is 42.3 Å². The molecule has 0 amide bonds. The van der Waals surface area contributed by atoms with Crippen LogP contribution in [0.25, 0.3) is 5.57 Å². The maximum absolute atomic E-state index is 7.20. The van der Waals surface area contributed by atoms with Crippen LogP contribution in [0.3, 0.4) is 0 Å². The lowest BCUT2D eigenvalue weighted by atomic mass is 9.78. The lowest BCUT2D eigenvalue weighted by Gasteiger charge is -2.32. The maximum Gasteiger partial charge on any atom is 0.494 e. The summed E-state index contributed by atoms with van der Waals surface area (Å²) in [5.74, 6) is 0. The van der Waals surface area contributed by atoms with Crippen molar-refractivity contribution in [3.8, 4) is 0 Å². The Morgan fingerprint density at radius 2 is 1.50 bits per heavy atom. The molecule has 1 aliphatic heterocycles. The van der Waals surface area contributed by atoms with Crippen molar-refractivity contribution < 1.29 is 9.31 Å². The predicted octanol–water partition coefficient (Wildman–Crippen LogP) is 4.06. The van der Waals surface area contributed by atoms with Gasteiger partial charge in [0.05, 0.1) is 11.2 Å². The number of hydrogen-bond acceptors (Lipinski definition) is 3. The van der Waals surface area contributed by atoms with E-state index < -0.39 is 0 Å². The van der Waals surface area contributed by atoms with Gasteiger partial charge in [0.1, 0.15) is 0 Å². The molecule has 1 heterocycles. The van der Waals surface area contributed by atoms with Crippen LogP contribution >= 0.6 is 0 Å². The van der Waals surface area contributed by atoms with Crippen LogP contribution in [0.2, 0.25) is 0 Å². The normalized spacial score (nSPS) is 18.4. The first-order valence-electron chi connectivity index (χ1n) is 7.83. The van der Waals surface area contributed by atoms with Crippen molar-refractivity contribution in [3.05, 3.63) is 36.4 Å². The summed E-state index contributed by atoms with van der Waals surface area (Å²) in [6.07, 6.45) is 2.50. The van der Waals surface area contributed by atoms with E-state index in [1.165, 1.54) is 12.6 Å². The monoisotopic (exact) mass is 301 g/mol. The Bertz CT molecular complexity index is 504. The van der Waals surface area contributed by atoms with Crippen LogP contribution in [0.15, 0.2) is 30.8 Å². The summed E-state index contributed by atoms with van der Waals surface area (Å²) in [7, 11) is -0.340. The predicted molar refractivity (Wildman–Crippen MR) is 95.9 cm³/mol. The van der Waals surface area contributed by atoms with Gasteiger partial charge >= 0.3 is 7.12 Å². The highest BCUT2D eigenvalue weighted by molar-refractivity contribution is 6.62. The number of rotatable bonds is 3. The minimum atomic E-state index is -0.340. The van der Waals surface area contributed by atoms with E-state index in [1.54, 1.807) is 0 Å². The fraction of sp³-hybridized carbons (Fsp3) is 0.500. The third-order valence-corrected chi connectivity index (χ3v) is 3.98. The van der Waals surface area contributed by atoms with E-state index >= 15 is 0 Å². The maximum atomic E-state index is 7.20. The molecule has 0 atom stereocenters. The van der Waals surface area contributed by atoms with E-state index in [2.05, 4.69) is 20.4 Å². The molecule has 22 heavy (non-hydrogen) atoms. The molecule has 2 rings (SSSR count). The van der Waals surface area contributed by atoms with Gasteiger partial charge in [0, 0.05) is 6.21 Å². The van der Waals surface area contributed by atoms with Crippen molar-refractivity contribution in [1.29, 1.82) is 5.41 Å². The van der Waals surface area contributed by atoms with E-state index in [9.17, 15) is 0 Å². The molecular formula is C18H28BNO2. The number of benzene rings is 1. The molecule has 1 aromatic carbocycles. The Hall–Kier alpha value is -1.39. The van der Waals surface area contributed by atoms with E-state index in [-0.39, 0.29) is 18.3 Å². The second-order valence-electron chi connectivity index (χ2n) is 6.59. The molecule has 0 radical (unpaired) electrons. The Labute approximate surface area is 135 Å². The van der Waals surface area contributed by atoms with E-state index in [0.717, 1.165) is 11.0 Å². The van der Waals surface area contributed by atoms with Crippen molar-refractivity contribution in [1.82, 2.24) is 0 Å². The third kappa shape index (κ3) is 4.08. The molecule has 0 spiro atoms. The summed E-state index contributed by atoms with van der Waals surface area (Å²) < 4.78 is 12.0. The van der Waals surface area contributed by atoms with Gasteiger partial charge in [-0.05, 0) is 44.3 Å². The second kappa shape index (κ2) is 7.25. The van der Waals surface area contributed by atoms with Crippen molar-refractivity contribution >= 4 is 24.4 Å². The smallest absolute Gasteiger partial charge is 0.399 e. The molecular weight excluding hydrogens is 273 g/mol. The molecule has 0 aromatic heterocycles. The third-order valence-electron chi connectivity index (χ3n) is 3.98. The lowest BCUT2D eigenvalue weighted by Crippen LogP contribution is -2.41. The van der Waals surface area contributed by atoms with Crippen LogP contribution < -0.4 is 5.46 Å². The molecule has 0 bridgehead atoms. The van der Waals surface area contributed by atoms with Gasteiger partial charge in [-0.3, -0.25) is 0 Å². The van der Waals surface area contributed by atoms with Gasteiger partial charge in [0.2, 0.25) is 0 Å². The average molecular weight is 301 g/mol. The van der Waals surface area contributed by atoms with Crippen LogP contribution in [0.1, 0.15) is 53.5 Å². The zero-order chi connectivity index (χ0) is 17.0. The van der Waals surface area contributed by atoms with Crippen LogP contribution in [-0.2, 0) is 9.31 Å². The zero-order valence-corrected chi connectivity index (χ0v) is 14.7. The quantitative estimate of drug-likeness (QED) is 0.675. The first-order valence-corrected chi connectivity index (χ1v) is 7.83. The molecule has 0 aliphatic carbocycles. The summed E-state index contributed by atoms with van der Waals surface area (Å²) in [4.78, 5) is 0. The van der Waals surface area contributed by atoms with Crippen molar-refractivity contribution in [2.24, 2.45) is 0 Å². The van der Waals surface area contributed by atoms with Crippen molar-refractivity contribution in [3.63, 3.8) is 0 Å². The number of nitrogens with one attached hydrogen (secondary N) is 1. The average Bonchev–Trinajstić information content (AvgIpc) is 2.68. The van der Waals surface area contributed by atoms with Crippen LogP contribution in [0.5, 0.6) is 0 Å². The van der Waals surface area contributed by atoms with Crippen LogP contribution in [0, 0.1) is 5.41 Å². The molecule has 4 heteroatoms. The standard InChI is InChI=1S/C15H20BNO2.C3H8/c1-11(10-17)12-6-8-13(9-7-12)16-18-14(2,3)15(4,5)19-16;1-3-2/h6-10,17H,1H2,2-5H3;3H2,1-2H3. The summed E-state index contributed by atoms with van der Waals surface area (Å²) in [5, 5.41) is 7.20. The highest BCUT2D eigenvalue weighted by atomic mass is 16.7. The second-order valence-corrected chi connectivity index (χ2v) is 6.59. The van der Waals surface area contributed by atoms with Crippen LogP contribution in [0.4, 0.5) is 0 Å². The minimum Gasteiger partial charge on any atom is -0.399 e. The zero-order valence-electron chi connectivity index (χ0n) is 14.7. The SMILES string of the molecule is C=C(C=N)c1ccc(B2OC(C)(C)C(C)(C)O2)cc1.CCC. The van der Waals surface area contributed by atoms with Gasteiger partial charge in [0.15, 0.2) is 0 Å². The summed E-state index contributed by atoms with van der Waals surface area (Å²) >= 11 is 0. The van der Waals surface area contributed by atoms with Gasteiger partial charge < -0.3 is 14.7 Å². The van der Waals surface area contributed by atoms with Crippen molar-refractivity contribution in [2.45, 2.75) is 59.2 Å². The molecule has 0 unspecified atom stereocenters. The first-order chi connectivity index (χ1) is 10.2. The minimum absolute atomic E-state index is 0.325. The molecule has 1 N–H and O–H groups in total. The van der Waals surface area contributed by atoms with Gasteiger partial charge in [0.25, 0.3) is 0 Å². The largest absolute Gasteiger partial charge is 0.494 e. The van der Waals surface area contributed by atoms with E-state index in [1.807, 2.05) is 52.0 Å². The summed E-state index contributed by atoms with van der Waals surface area (Å²) in [5.41, 5.74) is 1.97. The van der Waals surface area contributed by atoms with Crippen LogP contribution in [-0.4, -0.2) is 24.5 Å². The molecule has 120 valence electrons. The fourth-order valence-electron chi connectivity index (χ4n) is 1.92. The fourth-order valence-corrected chi connectivity index (χ4v) is 1.92. The highest BCUT2D eigenvalue weighted by Gasteiger charge is 2.51. The molecule has 1 aliphatic rings. The van der Waals surface area contributed by atoms with Gasteiger partial charge in [-0.15, -0.1) is 0 Å². The van der Waals surface area contributed by atoms with E-state index in [4.69, 9.17) is 14.7 Å². The summed E-state index contributed by atoms with van der Waals surface area (Å²) in [6, 6.07) is 7.81. The number of hydrogen-bond donors (Lipinski definition) is 1. The Balaban J connectivity index is 0.000000745. The molecule has 0 saturated carbocycles. The lowest BCUT2D eigenvalue weighted by molar-refractivity contribution is 0.00578. The van der Waals surface area contributed by atoms with Gasteiger partial charge in [-0.2, -0.15) is 0 Å². The van der Waals surface area contributed by atoms with Gasteiger partial charge in [-0.1, -0.05) is 51.1 Å². The summed E-state index contributed by atoms with van der Waals surface area (Å²) in [6.45, 7) is 16.2.